The fourth-order valence-electron chi connectivity index (χ4n) is 3.60. The number of nitrogens with zero attached hydrogens (tertiary/aromatic N) is 3. The average molecular weight is 487 g/mol. The highest BCUT2D eigenvalue weighted by Gasteiger charge is 2.50. The summed E-state index contributed by atoms with van der Waals surface area (Å²) < 4.78 is 22.3. The van der Waals surface area contributed by atoms with E-state index in [9.17, 15) is 14.4 Å². The topological polar surface area (TPSA) is 137 Å². The molecule has 3 aromatic rings. The highest BCUT2D eigenvalue weighted by atomic mass is 16.7. The predicted molar refractivity (Wildman–Crippen MR) is 126 cm³/mol. The van der Waals surface area contributed by atoms with Crippen LogP contribution in [0.25, 0.3) is 10.4 Å². The van der Waals surface area contributed by atoms with Crippen molar-refractivity contribution in [3.63, 3.8) is 0 Å². The summed E-state index contributed by atoms with van der Waals surface area (Å²) >= 11 is 0. The molecule has 1 heterocycles. The number of azide groups is 1. The van der Waals surface area contributed by atoms with Crippen LogP contribution in [0.15, 0.2) is 96.1 Å². The summed E-state index contributed by atoms with van der Waals surface area (Å²) in [6.07, 6.45) is -4.92. The molecule has 3 aromatic carbocycles. The molecule has 4 rings (SSSR count). The number of ether oxygens (including phenoxy) is 4. The van der Waals surface area contributed by atoms with Crippen molar-refractivity contribution >= 4 is 17.9 Å². The third kappa shape index (κ3) is 5.87. The molecular weight excluding hydrogens is 466 g/mol. The van der Waals surface area contributed by atoms with Gasteiger partial charge in [-0.3, -0.25) is 0 Å². The van der Waals surface area contributed by atoms with Crippen LogP contribution in [0.2, 0.25) is 0 Å². The minimum atomic E-state index is -1.32. The maximum absolute atomic E-state index is 12.8. The van der Waals surface area contributed by atoms with Crippen molar-refractivity contribution < 1.29 is 33.3 Å². The van der Waals surface area contributed by atoms with Gasteiger partial charge in [-0.1, -0.05) is 59.7 Å². The number of benzene rings is 3. The number of rotatable bonds is 8. The smallest absolute Gasteiger partial charge is 0.338 e. The van der Waals surface area contributed by atoms with E-state index in [4.69, 9.17) is 24.5 Å². The highest BCUT2D eigenvalue weighted by Crippen LogP contribution is 2.30. The zero-order chi connectivity index (χ0) is 25.3. The van der Waals surface area contributed by atoms with E-state index >= 15 is 0 Å². The van der Waals surface area contributed by atoms with Gasteiger partial charge in [-0.2, -0.15) is 0 Å². The largest absolute Gasteiger partial charge is 0.459 e. The molecule has 0 bridgehead atoms. The fourth-order valence-corrected chi connectivity index (χ4v) is 3.60. The Balaban J connectivity index is 1.58. The molecule has 36 heavy (non-hydrogen) atoms. The lowest BCUT2D eigenvalue weighted by molar-refractivity contribution is -0.0445. The molecule has 10 nitrogen and oxygen atoms in total. The second kappa shape index (κ2) is 11.7. The minimum Gasteiger partial charge on any atom is -0.459 e. The van der Waals surface area contributed by atoms with Crippen LogP contribution < -0.4 is 0 Å². The molecule has 0 saturated carbocycles. The van der Waals surface area contributed by atoms with E-state index in [2.05, 4.69) is 10.0 Å². The Morgan fingerprint density at radius 1 is 0.722 bits per heavy atom. The van der Waals surface area contributed by atoms with Gasteiger partial charge < -0.3 is 18.9 Å². The normalized spacial score (nSPS) is 20.6. The monoisotopic (exact) mass is 487 g/mol. The SMILES string of the molecule is [N-]=[N+]=NC1OC(COC(=O)c2ccccc2)C(OC(=O)c2ccccc2)C1OC(=O)c1ccccc1. The van der Waals surface area contributed by atoms with Crippen LogP contribution in [-0.4, -0.2) is 49.1 Å². The van der Waals surface area contributed by atoms with E-state index in [1.807, 2.05) is 0 Å². The molecule has 1 aliphatic rings. The van der Waals surface area contributed by atoms with Crippen LogP contribution >= 0.6 is 0 Å². The number of carbonyl (C=O) groups excluding carboxylic acids is 3. The lowest BCUT2D eigenvalue weighted by Crippen LogP contribution is -2.41. The Labute approximate surface area is 206 Å². The van der Waals surface area contributed by atoms with Crippen LogP contribution in [0.1, 0.15) is 31.1 Å². The lowest BCUT2D eigenvalue weighted by atomic mass is 10.1. The third-order valence-electron chi connectivity index (χ3n) is 5.34. The molecule has 1 aliphatic heterocycles. The summed E-state index contributed by atoms with van der Waals surface area (Å²) in [5, 5.41) is 3.57. The first-order valence-electron chi connectivity index (χ1n) is 11.0. The predicted octanol–water partition coefficient (Wildman–Crippen LogP) is 4.33. The van der Waals surface area contributed by atoms with Crippen molar-refractivity contribution in [3.8, 4) is 0 Å². The van der Waals surface area contributed by atoms with E-state index in [0.717, 1.165) is 0 Å². The number of hydrogen-bond acceptors (Lipinski definition) is 8. The van der Waals surface area contributed by atoms with Gasteiger partial charge >= 0.3 is 17.9 Å². The molecule has 182 valence electrons. The molecule has 0 amide bonds. The van der Waals surface area contributed by atoms with Crippen molar-refractivity contribution in [2.24, 2.45) is 5.11 Å². The number of carbonyl (C=O) groups is 3. The lowest BCUT2D eigenvalue weighted by Gasteiger charge is -2.23. The molecule has 0 N–H and O–H groups in total. The first-order chi connectivity index (χ1) is 17.6. The van der Waals surface area contributed by atoms with Gasteiger partial charge in [0.2, 0.25) is 0 Å². The van der Waals surface area contributed by atoms with Gasteiger partial charge in [-0.15, -0.1) is 0 Å². The number of hydrogen-bond donors (Lipinski definition) is 0. The standard InChI is InChI=1S/C26H21N3O7/c27-29-28-23-22(36-26(32)19-14-8-3-9-15-19)21(35-25(31)18-12-6-2-7-13-18)20(34-23)16-33-24(30)17-10-4-1-5-11-17/h1-15,20-23H,16H2. The Kier molecular flexibility index (Phi) is 7.92. The molecule has 1 fully saturated rings. The van der Waals surface area contributed by atoms with Crippen LogP contribution in [0, 0.1) is 0 Å². The van der Waals surface area contributed by atoms with E-state index < -0.39 is 42.4 Å². The zero-order valence-electron chi connectivity index (χ0n) is 18.9. The van der Waals surface area contributed by atoms with Crippen LogP contribution in [0.3, 0.4) is 0 Å². The second-order valence-corrected chi connectivity index (χ2v) is 7.71. The molecule has 4 atom stereocenters. The van der Waals surface area contributed by atoms with Gasteiger partial charge in [-0.25, -0.2) is 14.4 Å². The molecule has 0 aromatic heterocycles. The molecule has 0 spiro atoms. The van der Waals surface area contributed by atoms with Gasteiger partial charge in [-0.05, 0) is 41.9 Å². The summed E-state index contributed by atoms with van der Waals surface area (Å²) in [5.41, 5.74) is 9.84. The first kappa shape index (κ1) is 24.5. The van der Waals surface area contributed by atoms with E-state index in [-0.39, 0.29) is 17.7 Å². The molecule has 0 aliphatic carbocycles. The van der Waals surface area contributed by atoms with Gasteiger partial charge in [0.1, 0.15) is 12.7 Å². The van der Waals surface area contributed by atoms with Crippen molar-refractivity contribution in [2.75, 3.05) is 6.61 Å². The quantitative estimate of drug-likeness (QED) is 0.152. The van der Waals surface area contributed by atoms with Gasteiger partial charge in [0, 0.05) is 4.91 Å². The van der Waals surface area contributed by atoms with Crippen LogP contribution in [0.4, 0.5) is 0 Å². The minimum absolute atomic E-state index is 0.240. The average Bonchev–Trinajstić information content (AvgIpc) is 3.24. The third-order valence-corrected chi connectivity index (χ3v) is 5.34. The molecular formula is C26H21N3O7. The summed E-state index contributed by atoms with van der Waals surface area (Å²) in [4.78, 5) is 40.8. The van der Waals surface area contributed by atoms with Crippen LogP contribution in [0.5, 0.6) is 0 Å². The summed E-state index contributed by atoms with van der Waals surface area (Å²) in [7, 11) is 0. The maximum atomic E-state index is 12.8. The first-order valence-corrected chi connectivity index (χ1v) is 11.0. The molecule has 0 radical (unpaired) electrons. The van der Waals surface area contributed by atoms with Gasteiger partial charge in [0.15, 0.2) is 18.4 Å². The zero-order valence-corrected chi connectivity index (χ0v) is 18.9. The molecule has 10 heteroatoms. The van der Waals surface area contributed by atoms with E-state index in [0.29, 0.717) is 5.56 Å². The fraction of sp³-hybridized carbons (Fsp3) is 0.192. The summed E-state index contributed by atoms with van der Waals surface area (Å²) in [6.45, 7) is -0.350. The maximum Gasteiger partial charge on any atom is 0.338 e. The second-order valence-electron chi connectivity index (χ2n) is 7.71. The number of esters is 3. The Hall–Kier alpha value is -4.66. The highest BCUT2D eigenvalue weighted by molar-refractivity contribution is 5.91. The van der Waals surface area contributed by atoms with Crippen molar-refractivity contribution in [3.05, 3.63) is 118 Å². The van der Waals surface area contributed by atoms with Crippen molar-refractivity contribution in [2.45, 2.75) is 24.5 Å². The Morgan fingerprint density at radius 2 is 1.17 bits per heavy atom. The Morgan fingerprint density at radius 3 is 1.64 bits per heavy atom. The van der Waals surface area contributed by atoms with E-state index in [1.54, 1.807) is 91.0 Å². The van der Waals surface area contributed by atoms with Gasteiger partial charge in [0.05, 0.1) is 16.7 Å². The van der Waals surface area contributed by atoms with Crippen molar-refractivity contribution in [1.82, 2.24) is 0 Å². The Bertz CT molecular complexity index is 1250. The summed E-state index contributed by atoms with van der Waals surface area (Å²) in [6, 6.07) is 24.6. The summed E-state index contributed by atoms with van der Waals surface area (Å²) in [5.74, 6) is -2.08. The molecule has 4 unspecified atom stereocenters. The van der Waals surface area contributed by atoms with E-state index in [1.165, 1.54) is 0 Å². The van der Waals surface area contributed by atoms with Gasteiger partial charge in [0.25, 0.3) is 0 Å². The molecule has 1 saturated heterocycles. The van der Waals surface area contributed by atoms with Crippen molar-refractivity contribution in [1.29, 1.82) is 0 Å². The van der Waals surface area contributed by atoms with Crippen LogP contribution in [-0.2, 0) is 18.9 Å².